The molecule has 0 unspecified atom stereocenters. The van der Waals surface area contributed by atoms with Crippen molar-refractivity contribution in [1.82, 2.24) is 14.5 Å². The number of carbonyl (C=O) groups is 1. The Morgan fingerprint density at radius 2 is 1.74 bits per heavy atom. The minimum absolute atomic E-state index is 0.668. The molecule has 0 bridgehead atoms. The third-order valence-corrected chi connectivity index (χ3v) is 5.40. The first-order valence-electron chi connectivity index (χ1n) is 9.78. The molecule has 0 N–H and O–H groups in total. The van der Waals surface area contributed by atoms with E-state index in [-0.39, 0.29) is 0 Å². The molecular weight excluding hydrogens is 336 g/mol. The first kappa shape index (κ1) is 17.7. The van der Waals surface area contributed by atoms with Gasteiger partial charge in [-0.15, -0.1) is 0 Å². The van der Waals surface area contributed by atoms with Gasteiger partial charge in [0.05, 0.1) is 11.0 Å². The van der Waals surface area contributed by atoms with Gasteiger partial charge in [0.15, 0.2) is 0 Å². The van der Waals surface area contributed by atoms with E-state index in [0.717, 1.165) is 49.2 Å². The van der Waals surface area contributed by atoms with Crippen molar-refractivity contribution in [1.29, 1.82) is 0 Å². The summed E-state index contributed by atoms with van der Waals surface area (Å²) in [6.07, 6.45) is 5.25. The summed E-state index contributed by atoms with van der Waals surface area (Å²) >= 11 is 0. The summed E-state index contributed by atoms with van der Waals surface area (Å²) in [7, 11) is 0. The van der Waals surface area contributed by atoms with Gasteiger partial charge < -0.3 is 4.90 Å². The van der Waals surface area contributed by atoms with Gasteiger partial charge in [-0.1, -0.05) is 13.3 Å². The highest BCUT2D eigenvalue weighted by Gasteiger charge is 2.16. The van der Waals surface area contributed by atoms with E-state index >= 15 is 0 Å². The number of hydrogen-bond acceptors (Lipinski definition) is 4. The summed E-state index contributed by atoms with van der Waals surface area (Å²) in [4.78, 5) is 20.6. The van der Waals surface area contributed by atoms with Crippen LogP contribution < -0.4 is 4.90 Å². The highest BCUT2D eigenvalue weighted by molar-refractivity contribution is 5.86. The molecule has 1 aromatic heterocycles. The fourth-order valence-electron chi connectivity index (χ4n) is 3.74. The Bertz CT molecular complexity index is 908. The molecule has 3 aromatic rings. The van der Waals surface area contributed by atoms with Crippen LogP contribution in [0.15, 0.2) is 48.8 Å². The molecule has 0 aliphatic carbocycles. The second kappa shape index (κ2) is 7.92. The maximum Gasteiger partial charge on any atom is 0.150 e. The summed E-state index contributed by atoms with van der Waals surface area (Å²) < 4.78 is 2.04. The molecule has 2 aromatic carbocycles. The SMILES string of the molecule is CCCCN1CCN(c2ccc(-n3cnc4ccc(C=O)cc43)cc2)CC1. The molecule has 2 heterocycles. The van der Waals surface area contributed by atoms with Crippen LogP contribution in [0, 0.1) is 0 Å². The highest BCUT2D eigenvalue weighted by atomic mass is 16.1. The number of aromatic nitrogens is 2. The zero-order valence-electron chi connectivity index (χ0n) is 15.8. The van der Waals surface area contributed by atoms with E-state index in [1.165, 1.54) is 25.1 Å². The van der Waals surface area contributed by atoms with Gasteiger partial charge in [0.25, 0.3) is 0 Å². The van der Waals surface area contributed by atoms with Crippen LogP contribution in [0.25, 0.3) is 16.7 Å². The van der Waals surface area contributed by atoms with E-state index in [0.29, 0.717) is 5.56 Å². The van der Waals surface area contributed by atoms with Crippen molar-refractivity contribution in [2.75, 3.05) is 37.6 Å². The summed E-state index contributed by atoms with van der Waals surface area (Å²) in [6.45, 7) is 7.92. The fraction of sp³-hybridized carbons (Fsp3) is 0.364. The van der Waals surface area contributed by atoms with Crippen LogP contribution in [0.4, 0.5) is 5.69 Å². The molecule has 27 heavy (non-hydrogen) atoms. The van der Waals surface area contributed by atoms with Gasteiger partial charge in [0, 0.05) is 43.1 Å². The molecule has 0 saturated carbocycles. The van der Waals surface area contributed by atoms with Gasteiger partial charge in [0.2, 0.25) is 0 Å². The number of carbonyl (C=O) groups excluding carboxylic acids is 1. The lowest BCUT2D eigenvalue weighted by molar-refractivity contribution is 0.112. The Morgan fingerprint density at radius 1 is 1.00 bits per heavy atom. The standard InChI is InChI=1S/C22H26N4O/c1-2-3-10-24-11-13-25(14-12-24)19-5-7-20(8-6-19)26-17-23-21-9-4-18(16-27)15-22(21)26/h4-9,15-17H,2-3,10-14H2,1H3. The van der Waals surface area contributed by atoms with E-state index < -0.39 is 0 Å². The van der Waals surface area contributed by atoms with Crippen molar-refractivity contribution in [3.63, 3.8) is 0 Å². The Morgan fingerprint density at radius 3 is 2.44 bits per heavy atom. The summed E-state index contributed by atoms with van der Waals surface area (Å²) in [6, 6.07) is 14.2. The average Bonchev–Trinajstić information content (AvgIpc) is 3.16. The summed E-state index contributed by atoms with van der Waals surface area (Å²) in [5.74, 6) is 0. The number of fused-ring (bicyclic) bond motifs is 1. The lowest BCUT2D eigenvalue weighted by Crippen LogP contribution is -2.46. The molecule has 4 rings (SSSR count). The number of anilines is 1. The van der Waals surface area contributed by atoms with Crippen LogP contribution >= 0.6 is 0 Å². The average molecular weight is 362 g/mol. The number of hydrogen-bond donors (Lipinski definition) is 0. The van der Waals surface area contributed by atoms with Crippen molar-refractivity contribution < 1.29 is 4.79 Å². The van der Waals surface area contributed by atoms with E-state index in [9.17, 15) is 4.79 Å². The first-order valence-corrected chi connectivity index (χ1v) is 9.78. The van der Waals surface area contributed by atoms with Crippen LogP contribution in [0.5, 0.6) is 0 Å². The molecule has 0 radical (unpaired) electrons. The van der Waals surface area contributed by atoms with Crippen LogP contribution in [0.1, 0.15) is 30.1 Å². The van der Waals surface area contributed by atoms with Crippen molar-refractivity contribution in [2.45, 2.75) is 19.8 Å². The van der Waals surface area contributed by atoms with Gasteiger partial charge in [0.1, 0.15) is 12.6 Å². The van der Waals surface area contributed by atoms with Gasteiger partial charge in [-0.2, -0.15) is 0 Å². The first-order chi connectivity index (χ1) is 13.3. The van der Waals surface area contributed by atoms with Crippen LogP contribution in [-0.4, -0.2) is 53.5 Å². The Balaban J connectivity index is 1.49. The molecule has 5 nitrogen and oxygen atoms in total. The van der Waals surface area contributed by atoms with Crippen LogP contribution in [0.3, 0.4) is 0 Å². The third-order valence-electron chi connectivity index (χ3n) is 5.40. The normalized spacial score (nSPS) is 15.4. The second-order valence-corrected chi connectivity index (χ2v) is 7.18. The van der Waals surface area contributed by atoms with E-state index in [2.05, 4.69) is 46.0 Å². The van der Waals surface area contributed by atoms with E-state index in [1.807, 2.05) is 23.0 Å². The number of piperazine rings is 1. The maximum absolute atomic E-state index is 11.1. The van der Waals surface area contributed by atoms with Gasteiger partial charge in [-0.3, -0.25) is 14.3 Å². The van der Waals surface area contributed by atoms with E-state index in [4.69, 9.17) is 0 Å². The number of nitrogens with zero attached hydrogens (tertiary/aromatic N) is 4. The smallest absolute Gasteiger partial charge is 0.150 e. The molecule has 140 valence electrons. The lowest BCUT2D eigenvalue weighted by atomic mass is 10.2. The minimum atomic E-state index is 0.668. The molecular formula is C22H26N4O. The topological polar surface area (TPSA) is 41.4 Å². The monoisotopic (exact) mass is 362 g/mol. The van der Waals surface area contributed by atoms with Crippen LogP contribution in [-0.2, 0) is 0 Å². The molecule has 0 amide bonds. The molecule has 0 atom stereocenters. The van der Waals surface area contributed by atoms with Crippen molar-refractivity contribution in [3.05, 3.63) is 54.4 Å². The van der Waals surface area contributed by atoms with E-state index in [1.54, 1.807) is 6.07 Å². The number of unbranched alkanes of at least 4 members (excludes halogenated alkanes) is 1. The predicted molar refractivity (Wildman–Crippen MR) is 110 cm³/mol. The van der Waals surface area contributed by atoms with Crippen molar-refractivity contribution in [3.8, 4) is 5.69 Å². The molecule has 1 aliphatic heterocycles. The fourth-order valence-corrected chi connectivity index (χ4v) is 3.74. The number of rotatable bonds is 6. The molecule has 1 fully saturated rings. The van der Waals surface area contributed by atoms with Gasteiger partial charge in [-0.25, -0.2) is 4.98 Å². The minimum Gasteiger partial charge on any atom is -0.369 e. The van der Waals surface area contributed by atoms with Gasteiger partial charge >= 0.3 is 0 Å². The zero-order valence-corrected chi connectivity index (χ0v) is 15.8. The number of aldehydes is 1. The Labute approximate surface area is 160 Å². The third kappa shape index (κ3) is 3.74. The zero-order chi connectivity index (χ0) is 18.6. The summed E-state index contributed by atoms with van der Waals surface area (Å²) in [5.41, 5.74) is 4.85. The molecule has 5 heteroatoms. The highest BCUT2D eigenvalue weighted by Crippen LogP contribution is 2.23. The number of imidazole rings is 1. The van der Waals surface area contributed by atoms with Crippen molar-refractivity contribution in [2.24, 2.45) is 0 Å². The molecule has 0 spiro atoms. The predicted octanol–water partition coefficient (Wildman–Crippen LogP) is 3.76. The Hall–Kier alpha value is -2.66. The molecule has 1 aliphatic rings. The largest absolute Gasteiger partial charge is 0.369 e. The lowest BCUT2D eigenvalue weighted by Gasteiger charge is -2.36. The van der Waals surface area contributed by atoms with Crippen LogP contribution in [0.2, 0.25) is 0 Å². The molecule has 1 saturated heterocycles. The maximum atomic E-state index is 11.1. The Kier molecular flexibility index (Phi) is 5.21. The van der Waals surface area contributed by atoms with Crippen molar-refractivity contribution >= 4 is 23.0 Å². The summed E-state index contributed by atoms with van der Waals surface area (Å²) in [5, 5.41) is 0. The quantitative estimate of drug-likeness (QED) is 0.626. The second-order valence-electron chi connectivity index (χ2n) is 7.18. The van der Waals surface area contributed by atoms with Gasteiger partial charge in [-0.05, 0) is 55.4 Å². The number of benzene rings is 2.